The van der Waals surface area contributed by atoms with Gasteiger partial charge >= 0.3 is 5.97 Å². The van der Waals surface area contributed by atoms with Gasteiger partial charge in [-0.15, -0.1) is 0 Å². The Morgan fingerprint density at radius 1 is 0.889 bits per heavy atom. The number of carboxylic acid groups (broad SMARTS) is 1. The van der Waals surface area contributed by atoms with E-state index in [2.05, 4.69) is 73.6 Å². The summed E-state index contributed by atoms with van der Waals surface area (Å²) in [4.78, 5) is 40.2. The van der Waals surface area contributed by atoms with Crippen molar-refractivity contribution in [1.82, 2.24) is 4.90 Å². The van der Waals surface area contributed by atoms with Gasteiger partial charge in [0.25, 0.3) is 5.91 Å². The van der Waals surface area contributed by atoms with Crippen LogP contribution in [-0.2, 0) is 14.4 Å². The predicted molar refractivity (Wildman–Crippen MR) is 181 cm³/mol. The van der Waals surface area contributed by atoms with Crippen LogP contribution in [0, 0.1) is 45.3 Å². The Hall–Kier alpha value is -2.43. The van der Waals surface area contributed by atoms with Gasteiger partial charge in [-0.05, 0) is 135 Å². The molecule has 1 heterocycles. The Labute approximate surface area is 272 Å². The van der Waals surface area contributed by atoms with Gasteiger partial charge in [0.05, 0.1) is 12.8 Å². The molecule has 0 spiro atoms. The molecule has 0 aromatic rings. The highest BCUT2D eigenvalue weighted by Crippen LogP contribution is 2.63. The summed E-state index contributed by atoms with van der Waals surface area (Å²) in [6.45, 7) is 19.0. The van der Waals surface area contributed by atoms with Gasteiger partial charge in [-0.1, -0.05) is 70.9 Å². The molecule has 5 nitrogen and oxygen atoms in total. The number of amides is 2. The number of carbonyl (C=O) groups excluding carboxylic acids is 2. The molecular weight excluding hydrogens is 558 g/mol. The molecule has 1 N–H and O–H groups in total. The third kappa shape index (κ3) is 5.84. The quantitative estimate of drug-likeness (QED) is 0.167. The van der Waals surface area contributed by atoms with Crippen LogP contribution in [0.1, 0.15) is 139 Å². The number of carbonyl (C=O) groups is 3. The maximum absolute atomic E-state index is 13.7. The van der Waals surface area contributed by atoms with E-state index in [1.54, 1.807) is 6.20 Å². The van der Waals surface area contributed by atoms with E-state index in [4.69, 9.17) is 0 Å². The maximum atomic E-state index is 13.7. The first-order chi connectivity index (χ1) is 21.1. The molecule has 1 saturated heterocycles. The number of likely N-dealkylation sites (tertiary alicyclic amines) is 1. The number of imide groups is 1. The minimum Gasteiger partial charge on any atom is -0.481 e. The Balaban J connectivity index is 1.35. The van der Waals surface area contributed by atoms with E-state index >= 15 is 0 Å². The number of nitrogens with zero attached hydrogens (tertiary/aromatic N) is 1. The van der Waals surface area contributed by atoms with Crippen molar-refractivity contribution in [2.45, 2.75) is 139 Å². The highest BCUT2D eigenvalue weighted by molar-refractivity contribution is 6.14. The van der Waals surface area contributed by atoms with Crippen LogP contribution in [0.15, 0.2) is 46.7 Å². The summed E-state index contributed by atoms with van der Waals surface area (Å²) >= 11 is 0. The second-order valence-electron chi connectivity index (χ2n) is 16.8. The fourth-order valence-electron chi connectivity index (χ4n) is 10.8. The Morgan fingerprint density at radius 2 is 1.42 bits per heavy atom. The minimum absolute atomic E-state index is 0.0594. The second kappa shape index (κ2) is 12.3. The average molecular weight is 618 g/mol. The molecule has 8 unspecified atom stereocenters. The molecule has 3 fully saturated rings. The van der Waals surface area contributed by atoms with Crippen LogP contribution in [0.3, 0.4) is 0 Å². The van der Waals surface area contributed by atoms with E-state index in [-0.39, 0.29) is 46.3 Å². The number of fused-ring (bicyclic) bond motifs is 2. The smallest absolute Gasteiger partial charge is 0.307 e. The molecule has 0 radical (unpaired) electrons. The predicted octanol–water partition coefficient (Wildman–Crippen LogP) is 9.80. The number of hydrogen-bond donors (Lipinski definition) is 1. The van der Waals surface area contributed by atoms with Gasteiger partial charge in [0.15, 0.2) is 0 Å². The molecule has 4 aliphatic carbocycles. The zero-order chi connectivity index (χ0) is 32.9. The Morgan fingerprint density at radius 3 is 1.98 bits per heavy atom. The van der Waals surface area contributed by atoms with Crippen LogP contribution in [0.5, 0.6) is 0 Å². The van der Waals surface area contributed by atoms with Crippen LogP contribution < -0.4 is 0 Å². The molecule has 248 valence electrons. The number of carboxylic acids is 1. The van der Waals surface area contributed by atoms with E-state index in [0.29, 0.717) is 41.2 Å². The van der Waals surface area contributed by atoms with Gasteiger partial charge < -0.3 is 5.11 Å². The largest absolute Gasteiger partial charge is 0.481 e. The summed E-state index contributed by atoms with van der Waals surface area (Å²) in [6.07, 6.45) is 20.0. The monoisotopic (exact) mass is 617 g/mol. The van der Waals surface area contributed by atoms with Crippen LogP contribution >= 0.6 is 0 Å². The first kappa shape index (κ1) is 33.9. The lowest BCUT2D eigenvalue weighted by Crippen LogP contribution is -2.49. The number of hydrogen-bond acceptors (Lipinski definition) is 3. The van der Waals surface area contributed by atoms with Gasteiger partial charge in [0.2, 0.25) is 5.91 Å². The summed E-state index contributed by atoms with van der Waals surface area (Å²) in [5.41, 5.74) is 4.77. The molecule has 0 bridgehead atoms. The van der Waals surface area contributed by atoms with Crippen molar-refractivity contribution in [3.8, 4) is 0 Å². The molecule has 2 saturated carbocycles. The van der Waals surface area contributed by atoms with E-state index in [9.17, 15) is 19.5 Å². The molecule has 1 aliphatic heterocycles. The summed E-state index contributed by atoms with van der Waals surface area (Å²) in [7, 11) is 0. The normalized spacial score (nSPS) is 41.5. The van der Waals surface area contributed by atoms with Crippen LogP contribution in [0.25, 0.3) is 0 Å². The lowest BCUT2D eigenvalue weighted by Gasteiger charge is -2.58. The van der Waals surface area contributed by atoms with Gasteiger partial charge in [-0.3, -0.25) is 19.3 Å². The number of rotatable bonds is 8. The first-order valence-electron chi connectivity index (χ1n) is 17.9. The zero-order valence-corrected chi connectivity index (χ0v) is 29.4. The molecular formula is C40H59NO4. The minimum atomic E-state index is -0.918. The van der Waals surface area contributed by atoms with Gasteiger partial charge in [-0.2, -0.15) is 0 Å². The van der Waals surface area contributed by atoms with Crippen molar-refractivity contribution in [2.24, 2.45) is 45.3 Å². The average Bonchev–Trinajstić information content (AvgIpc) is 3.25. The fraction of sp³-hybridized carbons (Fsp3) is 0.725. The molecule has 5 aliphatic rings. The summed E-state index contributed by atoms with van der Waals surface area (Å²) < 4.78 is 0. The third-order valence-electron chi connectivity index (χ3n) is 14.8. The van der Waals surface area contributed by atoms with Crippen LogP contribution in [0.4, 0.5) is 0 Å². The van der Waals surface area contributed by atoms with Crippen LogP contribution in [0.2, 0.25) is 0 Å². The standard InChI is InChI=1S/C40H59NO4/c1-26-11-9-13-32-37(26,5)19-15-28(3)39(32,7)21-17-30(23-35(43)44)25-41-34(42)24-31(36(41)45)18-22-40(8)29(4)16-20-38(6)27(2)12-10-14-33(38)40/h11-12,18,25,28-29,32-33H,9-10,13-17,19-24H2,1-8H3,(H,43,44). The highest BCUT2D eigenvalue weighted by atomic mass is 16.4. The summed E-state index contributed by atoms with van der Waals surface area (Å²) in [5, 5.41) is 9.82. The number of aliphatic carboxylic acids is 1. The van der Waals surface area contributed by atoms with Gasteiger partial charge in [-0.25, -0.2) is 0 Å². The molecule has 2 amide bonds. The molecule has 45 heavy (non-hydrogen) atoms. The van der Waals surface area contributed by atoms with Crippen molar-refractivity contribution in [1.29, 1.82) is 0 Å². The number of allylic oxidation sites excluding steroid dienone is 5. The van der Waals surface area contributed by atoms with E-state index in [0.717, 1.165) is 38.5 Å². The SMILES string of the molecule is CC1=CCCC2C1(C)CCC(C)C2(C)CC=C1CC(=O)N(C=C(CCC2(C)C(C)CCC3(C)C(C)=CCCC32)CC(=O)O)C1=O. The molecule has 8 atom stereocenters. The van der Waals surface area contributed by atoms with Gasteiger partial charge in [0, 0.05) is 11.8 Å². The maximum Gasteiger partial charge on any atom is 0.307 e. The van der Waals surface area contributed by atoms with Crippen molar-refractivity contribution in [2.75, 3.05) is 0 Å². The van der Waals surface area contributed by atoms with Crippen molar-refractivity contribution in [3.05, 3.63) is 46.7 Å². The fourth-order valence-corrected chi connectivity index (χ4v) is 10.8. The topological polar surface area (TPSA) is 74.7 Å². The first-order valence-corrected chi connectivity index (χ1v) is 17.9. The van der Waals surface area contributed by atoms with Gasteiger partial charge in [0.1, 0.15) is 0 Å². The lowest BCUT2D eigenvalue weighted by atomic mass is 9.47. The van der Waals surface area contributed by atoms with E-state index in [1.165, 1.54) is 41.7 Å². The van der Waals surface area contributed by atoms with Crippen molar-refractivity contribution >= 4 is 17.8 Å². The van der Waals surface area contributed by atoms with E-state index < -0.39 is 5.97 Å². The van der Waals surface area contributed by atoms with Crippen molar-refractivity contribution < 1.29 is 19.5 Å². The molecule has 5 rings (SSSR count). The zero-order valence-electron chi connectivity index (χ0n) is 29.4. The third-order valence-corrected chi connectivity index (χ3v) is 14.8. The van der Waals surface area contributed by atoms with Crippen LogP contribution in [-0.4, -0.2) is 27.8 Å². The summed E-state index contributed by atoms with van der Waals surface area (Å²) in [6, 6.07) is 0. The highest BCUT2D eigenvalue weighted by Gasteiger charge is 2.54. The molecule has 0 aromatic heterocycles. The Bertz CT molecular complexity index is 1350. The Kier molecular flexibility index (Phi) is 9.27. The lowest BCUT2D eigenvalue weighted by molar-refractivity contribution is -0.137. The summed E-state index contributed by atoms with van der Waals surface area (Å²) in [5.74, 6) is 0.741. The second-order valence-corrected chi connectivity index (χ2v) is 16.8. The van der Waals surface area contributed by atoms with E-state index in [1.807, 2.05) is 0 Å². The molecule has 5 heteroatoms. The van der Waals surface area contributed by atoms with Crippen molar-refractivity contribution in [3.63, 3.8) is 0 Å². The molecule has 0 aromatic carbocycles.